The van der Waals surface area contributed by atoms with E-state index in [1.165, 1.54) is 5.56 Å². The minimum Gasteiger partial charge on any atom is -0.197 e. The van der Waals surface area contributed by atoms with Crippen molar-refractivity contribution in [3.63, 3.8) is 0 Å². The zero-order chi connectivity index (χ0) is 9.19. The molecule has 1 nitrogen and oxygen atoms in total. The molecule has 1 heteroatoms. The zero-order valence-corrected chi connectivity index (χ0v) is 7.76. The number of nitriles is 1. The first-order valence-electron chi connectivity index (χ1n) is 4.05. The van der Waals surface area contributed by atoms with Gasteiger partial charge in [-0.15, -0.1) is 0 Å². The third-order valence-electron chi connectivity index (χ3n) is 2.10. The number of benzene rings is 1. The Morgan fingerprint density at radius 3 is 2.33 bits per heavy atom. The summed E-state index contributed by atoms with van der Waals surface area (Å²) in [6, 6.07) is 10.3. The molecule has 0 saturated heterocycles. The standard InChI is InChI=1S/C11H13N/c1-9-6-4-5-7-10(9)11(2,3)8-12/h4-7H,1-3H3. The van der Waals surface area contributed by atoms with Gasteiger partial charge in [-0.3, -0.25) is 0 Å². The normalized spacial score (nSPS) is 10.8. The van der Waals surface area contributed by atoms with E-state index in [4.69, 9.17) is 5.26 Å². The molecule has 0 unspecified atom stereocenters. The van der Waals surface area contributed by atoms with Gasteiger partial charge in [-0.2, -0.15) is 5.26 Å². The number of rotatable bonds is 1. The van der Waals surface area contributed by atoms with Crippen LogP contribution in [0, 0.1) is 18.3 Å². The number of hydrogen-bond donors (Lipinski definition) is 0. The van der Waals surface area contributed by atoms with Gasteiger partial charge in [0, 0.05) is 0 Å². The Kier molecular flexibility index (Phi) is 2.19. The fourth-order valence-electron chi connectivity index (χ4n) is 1.33. The van der Waals surface area contributed by atoms with Crippen molar-refractivity contribution >= 4 is 0 Å². The van der Waals surface area contributed by atoms with Crippen molar-refractivity contribution in [1.82, 2.24) is 0 Å². The Hall–Kier alpha value is -1.29. The van der Waals surface area contributed by atoms with Crippen LogP contribution in [0.1, 0.15) is 25.0 Å². The Labute approximate surface area is 73.6 Å². The van der Waals surface area contributed by atoms with Crippen LogP contribution >= 0.6 is 0 Å². The minimum atomic E-state index is -0.370. The van der Waals surface area contributed by atoms with Crippen LogP contribution in [0.25, 0.3) is 0 Å². The first-order chi connectivity index (χ1) is 5.58. The van der Waals surface area contributed by atoms with Crippen LogP contribution in [-0.4, -0.2) is 0 Å². The lowest BCUT2D eigenvalue weighted by Gasteiger charge is -2.17. The topological polar surface area (TPSA) is 23.8 Å². The van der Waals surface area contributed by atoms with Crippen molar-refractivity contribution in [3.8, 4) is 6.07 Å². The van der Waals surface area contributed by atoms with Crippen molar-refractivity contribution in [2.45, 2.75) is 26.2 Å². The SMILES string of the molecule is Cc1ccccc1C(C)(C)C#N. The fraction of sp³-hybridized carbons (Fsp3) is 0.364. The maximum absolute atomic E-state index is 8.92. The van der Waals surface area contributed by atoms with E-state index in [1.54, 1.807) is 0 Å². The van der Waals surface area contributed by atoms with E-state index in [-0.39, 0.29) is 5.41 Å². The van der Waals surface area contributed by atoms with Crippen molar-refractivity contribution in [2.24, 2.45) is 0 Å². The molecule has 0 radical (unpaired) electrons. The molecule has 0 saturated carbocycles. The number of aryl methyl sites for hydroxylation is 1. The summed E-state index contributed by atoms with van der Waals surface area (Å²) in [4.78, 5) is 0. The maximum atomic E-state index is 8.92. The van der Waals surface area contributed by atoms with Gasteiger partial charge in [0.2, 0.25) is 0 Å². The number of nitrogens with zero attached hydrogens (tertiary/aromatic N) is 1. The Bertz CT molecular complexity index is 318. The molecule has 0 atom stereocenters. The first-order valence-corrected chi connectivity index (χ1v) is 4.05. The molecule has 0 fully saturated rings. The second-order valence-electron chi connectivity index (χ2n) is 3.55. The van der Waals surface area contributed by atoms with Gasteiger partial charge in [0.05, 0.1) is 11.5 Å². The molecule has 0 aliphatic rings. The lowest BCUT2D eigenvalue weighted by atomic mass is 9.84. The van der Waals surface area contributed by atoms with Crippen molar-refractivity contribution in [1.29, 1.82) is 5.26 Å². The van der Waals surface area contributed by atoms with Gasteiger partial charge in [-0.25, -0.2) is 0 Å². The van der Waals surface area contributed by atoms with Crippen LogP contribution in [0.3, 0.4) is 0 Å². The average Bonchev–Trinajstić information content (AvgIpc) is 2.05. The molecule has 1 aromatic carbocycles. The van der Waals surface area contributed by atoms with Gasteiger partial charge in [0.1, 0.15) is 0 Å². The smallest absolute Gasteiger partial charge is 0.0768 e. The fourth-order valence-corrected chi connectivity index (χ4v) is 1.33. The highest BCUT2D eigenvalue weighted by molar-refractivity contribution is 5.36. The van der Waals surface area contributed by atoms with E-state index in [9.17, 15) is 0 Å². The van der Waals surface area contributed by atoms with Gasteiger partial charge in [0.15, 0.2) is 0 Å². The zero-order valence-electron chi connectivity index (χ0n) is 7.76. The maximum Gasteiger partial charge on any atom is 0.0768 e. The van der Waals surface area contributed by atoms with Gasteiger partial charge in [-0.1, -0.05) is 24.3 Å². The molecule has 0 aromatic heterocycles. The Morgan fingerprint density at radius 1 is 1.25 bits per heavy atom. The Morgan fingerprint density at radius 2 is 1.83 bits per heavy atom. The van der Waals surface area contributed by atoms with Crippen molar-refractivity contribution in [3.05, 3.63) is 35.4 Å². The first kappa shape index (κ1) is 8.80. The molecule has 0 spiro atoms. The molecule has 12 heavy (non-hydrogen) atoms. The average molecular weight is 159 g/mol. The van der Waals surface area contributed by atoms with Gasteiger partial charge in [0.25, 0.3) is 0 Å². The lowest BCUT2D eigenvalue weighted by molar-refractivity contribution is 0.681. The highest BCUT2D eigenvalue weighted by atomic mass is 14.3. The number of hydrogen-bond acceptors (Lipinski definition) is 1. The van der Waals surface area contributed by atoms with Gasteiger partial charge >= 0.3 is 0 Å². The quantitative estimate of drug-likeness (QED) is 0.618. The lowest BCUT2D eigenvalue weighted by Crippen LogP contribution is -2.15. The van der Waals surface area contributed by atoms with Crippen molar-refractivity contribution in [2.75, 3.05) is 0 Å². The van der Waals surface area contributed by atoms with Crippen LogP contribution in [0.4, 0.5) is 0 Å². The predicted octanol–water partition coefficient (Wildman–Crippen LogP) is 2.80. The highest BCUT2D eigenvalue weighted by Crippen LogP contribution is 2.24. The summed E-state index contributed by atoms with van der Waals surface area (Å²) in [6.45, 7) is 5.92. The molecule has 0 heterocycles. The van der Waals surface area contributed by atoms with Crippen LogP contribution < -0.4 is 0 Å². The molecule has 0 bridgehead atoms. The van der Waals surface area contributed by atoms with Crippen molar-refractivity contribution < 1.29 is 0 Å². The van der Waals surface area contributed by atoms with E-state index in [1.807, 2.05) is 45.0 Å². The summed E-state index contributed by atoms with van der Waals surface area (Å²) in [7, 11) is 0. The van der Waals surface area contributed by atoms with E-state index in [0.717, 1.165) is 5.56 Å². The summed E-state index contributed by atoms with van der Waals surface area (Å²) < 4.78 is 0. The molecule has 0 amide bonds. The van der Waals surface area contributed by atoms with E-state index >= 15 is 0 Å². The molecule has 0 aliphatic carbocycles. The summed E-state index contributed by atoms with van der Waals surface area (Å²) >= 11 is 0. The molecular formula is C11H13N. The largest absolute Gasteiger partial charge is 0.197 e. The van der Waals surface area contributed by atoms with Gasteiger partial charge < -0.3 is 0 Å². The molecular weight excluding hydrogens is 146 g/mol. The summed E-state index contributed by atoms with van der Waals surface area (Å²) in [6.07, 6.45) is 0. The Balaban J connectivity index is 3.22. The van der Waals surface area contributed by atoms with Crippen LogP contribution in [-0.2, 0) is 5.41 Å². The van der Waals surface area contributed by atoms with E-state index in [0.29, 0.717) is 0 Å². The van der Waals surface area contributed by atoms with Crippen LogP contribution in [0.2, 0.25) is 0 Å². The third-order valence-corrected chi connectivity index (χ3v) is 2.10. The molecule has 62 valence electrons. The molecule has 0 N–H and O–H groups in total. The highest BCUT2D eigenvalue weighted by Gasteiger charge is 2.20. The summed E-state index contributed by atoms with van der Waals surface area (Å²) in [5, 5.41) is 8.92. The second kappa shape index (κ2) is 2.98. The molecule has 0 aliphatic heterocycles. The second-order valence-corrected chi connectivity index (χ2v) is 3.55. The van der Waals surface area contributed by atoms with Crippen LogP contribution in [0.15, 0.2) is 24.3 Å². The van der Waals surface area contributed by atoms with E-state index in [2.05, 4.69) is 6.07 Å². The van der Waals surface area contributed by atoms with E-state index < -0.39 is 0 Å². The van der Waals surface area contributed by atoms with Crippen LogP contribution in [0.5, 0.6) is 0 Å². The molecule has 1 aromatic rings. The summed E-state index contributed by atoms with van der Waals surface area (Å²) in [5.74, 6) is 0. The monoisotopic (exact) mass is 159 g/mol. The minimum absolute atomic E-state index is 0.370. The third kappa shape index (κ3) is 1.48. The predicted molar refractivity (Wildman–Crippen MR) is 49.8 cm³/mol. The molecule has 1 rings (SSSR count). The summed E-state index contributed by atoms with van der Waals surface area (Å²) in [5.41, 5.74) is 1.93. The van der Waals surface area contributed by atoms with Gasteiger partial charge in [-0.05, 0) is 31.9 Å².